The Morgan fingerprint density at radius 3 is 2.20 bits per heavy atom. The third-order valence-electron chi connectivity index (χ3n) is 2.72. The summed E-state index contributed by atoms with van der Waals surface area (Å²) in [6.45, 7) is 5.26. The fourth-order valence-corrected chi connectivity index (χ4v) is 1.79. The van der Waals surface area contributed by atoms with Crippen molar-refractivity contribution in [3.05, 3.63) is 29.8 Å². The Labute approximate surface area is 101 Å². The maximum atomic E-state index is 5.73. The number of halogens is 1. The molecule has 2 heteroatoms. The van der Waals surface area contributed by atoms with E-state index < -0.39 is 0 Å². The van der Waals surface area contributed by atoms with Gasteiger partial charge in [0.15, 0.2) is 0 Å². The molecule has 0 heterocycles. The van der Waals surface area contributed by atoms with Crippen LogP contribution in [0.2, 0.25) is 0 Å². The lowest BCUT2D eigenvalue weighted by atomic mass is 10.1. The first-order valence-corrected chi connectivity index (χ1v) is 6.70. The molecule has 0 saturated carbocycles. The molecule has 1 nitrogen and oxygen atoms in total. The largest absolute Gasteiger partial charge is 0.493 e. The third kappa shape index (κ3) is 4.25. The molecule has 84 valence electrons. The van der Waals surface area contributed by atoms with E-state index in [0.717, 1.165) is 17.7 Å². The SMILES string of the molecule is CCC(CC)COc1ccc(CBr)cc1. The highest BCUT2D eigenvalue weighted by atomic mass is 79.9. The minimum Gasteiger partial charge on any atom is -0.493 e. The molecule has 0 aliphatic heterocycles. The van der Waals surface area contributed by atoms with Gasteiger partial charge in [-0.25, -0.2) is 0 Å². The fourth-order valence-electron chi connectivity index (χ4n) is 1.41. The second-order valence-electron chi connectivity index (χ2n) is 3.77. The number of hydrogen-bond donors (Lipinski definition) is 0. The summed E-state index contributed by atoms with van der Waals surface area (Å²) in [5.41, 5.74) is 1.28. The van der Waals surface area contributed by atoms with Crippen LogP contribution in [-0.2, 0) is 5.33 Å². The zero-order valence-electron chi connectivity index (χ0n) is 9.50. The number of hydrogen-bond acceptors (Lipinski definition) is 1. The molecule has 0 aliphatic carbocycles. The Bertz CT molecular complexity index is 264. The van der Waals surface area contributed by atoms with Crippen LogP contribution in [0.3, 0.4) is 0 Å². The maximum Gasteiger partial charge on any atom is 0.119 e. The normalized spacial score (nSPS) is 10.7. The first kappa shape index (κ1) is 12.6. The molecule has 0 radical (unpaired) electrons. The van der Waals surface area contributed by atoms with Gasteiger partial charge in [0.05, 0.1) is 6.61 Å². The average Bonchev–Trinajstić information content (AvgIpc) is 2.31. The van der Waals surface area contributed by atoms with Crippen LogP contribution in [-0.4, -0.2) is 6.61 Å². The molecule has 0 N–H and O–H groups in total. The zero-order chi connectivity index (χ0) is 11.1. The molecule has 0 spiro atoms. The van der Waals surface area contributed by atoms with Gasteiger partial charge in [0.25, 0.3) is 0 Å². The second-order valence-corrected chi connectivity index (χ2v) is 4.33. The Morgan fingerprint density at radius 2 is 1.73 bits per heavy atom. The van der Waals surface area contributed by atoms with E-state index in [1.807, 2.05) is 12.1 Å². The monoisotopic (exact) mass is 270 g/mol. The van der Waals surface area contributed by atoms with Crippen LogP contribution in [0.15, 0.2) is 24.3 Å². The third-order valence-corrected chi connectivity index (χ3v) is 3.37. The summed E-state index contributed by atoms with van der Waals surface area (Å²) in [6.07, 6.45) is 2.38. The smallest absolute Gasteiger partial charge is 0.119 e. The van der Waals surface area contributed by atoms with Gasteiger partial charge in [-0.15, -0.1) is 0 Å². The van der Waals surface area contributed by atoms with Crippen LogP contribution in [0.25, 0.3) is 0 Å². The molecule has 0 fully saturated rings. The molecular formula is C13H19BrO. The minimum absolute atomic E-state index is 0.681. The van der Waals surface area contributed by atoms with Crippen molar-refractivity contribution in [2.24, 2.45) is 5.92 Å². The van der Waals surface area contributed by atoms with Gasteiger partial charge in [-0.1, -0.05) is 54.8 Å². The maximum absolute atomic E-state index is 5.73. The molecule has 0 amide bonds. The van der Waals surface area contributed by atoms with Crippen LogP contribution in [0.4, 0.5) is 0 Å². The fraction of sp³-hybridized carbons (Fsp3) is 0.538. The van der Waals surface area contributed by atoms with Crippen molar-refractivity contribution >= 4 is 15.9 Å². The summed E-state index contributed by atoms with van der Waals surface area (Å²) in [6, 6.07) is 8.27. The van der Waals surface area contributed by atoms with Crippen molar-refractivity contribution in [2.45, 2.75) is 32.0 Å². The summed E-state index contributed by atoms with van der Waals surface area (Å²) in [4.78, 5) is 0. The van der Waals surface area contributed by atoms with E-state index in [2.05, 4.69) is 41.9 Å². The predicted octanol–water partition coefficient (Wildman–Crippen LogP) is 4.40. The van der Waals surface area contributed by atoms with Crippen LogP contribution in [0.1, 0.15) is 32.3 Å². The van der Waals surface area contributed by atoms with Gasteiger partial charge in [-0.3, -0.25) is 0 Å². The first-order chi connectivity index (χ1) is 7.30. The molecule has 0 aliphatic rings. The van der Waals surface area contributed by atoms with E-state index in [0.29, 0.717) is 5.92 Å². The van der Waals surface area contributed by atoms with E-state index in [9.17, 15) is 0 Å². The summed E-state index contributed by atoms with van der Waals surface area (Å²) in [5.74, 6) is 1.66. The van der Waals surface area contributed by atoms with Crippen molar-refractivity contribution in [3.8, 4) is 5.75 Å². The highest BCUT2D eigenvalue weighted by Crippen LogP contribution is 2.16. The number of ether oxygens (including phenoxy) is 1. The number of alkyl halides is 1. The molecule has 0 atom stereocenters. The lowest BCUT2D eigenvalue weighted by Crippen LogP contribution is -2.09. The average molecular weight is 271 g/mol. The van der Waals surface area contributed by atoms with E-state index >= 15 is 0 Å². The van der Waals surface area contributed by atoms with Gasteiger partial charge in [0, 0.05) is 5.33 Å². The summed E-state index contributed by atoms with van der Waals surface area (Å²) in [7, 11) is 0. The van der Waals surface area contributed by atoms with Gasteiger partial charge >= 0.3 is 0 Å². The van der Waals surface area contributed by atoms with E-state index in [-0.39, 0.29) is 0 Å². The predicted molar refractivity (Wildman–Crippen MR) is 68.6 cm³/mol. The Kier molecular flexibility index (Phi) is 5.77. The van der Waals surface area contributed by atoms with Gasteiger partial charge in [0.1, 0.15) is 5.75 Å². The Hall–Kier alpha value is -0.500. The van der Waals surface area contributed by atoms with Crippen LogP contribution in [0.5, 0.6) is 5.75 Å². The van der Waals surface area contributed by atoms with Crippen molar-refractivity contribution in [3.63, 3.8) is 0 Å². The lowest BCUT2D eigenvalue weighted by Gasteiger charge is -2.13. The molecule has 1 aromatic carbocycles. The van der Waals surface area contributed by atoms with Crippen molar-refractivity contribution < 1.29 is 4.74 Å². The van der Waals surface area contributed by atoms with Crippen molar-refractivity contribution in [1.82, 2.24) is 0 Å². The van der Waals surface area contributed by atoms with Crippen molar-refractivity contribution in [2.75, 3.05) is 6.61 Å². The topological polar surface area (TPSA) is 9.23 Å². The summed E-state index contributed by atoms with van der Waals surface area (Å²) >= 11 is 3.43. The van der Waals surface area contributed by atoms with Crippen LogP contribution >= 0.6 is 15.9 Å². The Balaban J connectivity index is 2.43. The molecular weight excluding hydrogens is 252 g/mol. The molecule has 1 rings (SSSR count). The summed E-state index contributed by atoms with van der Waals surface area (Å²) < 4.78 is 5.73. The molecule has 0 unspecified atom stereocenters. The zero-order valence-corrected chi connectivity index (χ0v) is 11.1. The highest BCUT2D eigenvalue weighted by molar-refractivity contribution is 9.08. The van der Waals surface area contributed by atoms with Gasteiger partial charge in [0.2, 0.25) is 0 Å². The van der Waals surface area contributed by atoms with Crippen LogP contribution in [0, 0.1) is 5.92 Å². The van der Waals surface area contributed by atoms with Gasteiger partial charge in [-0.05, 0) is 23.6 Å². The molecule has 0 bridgehead atoms. The molecule has 0 saturated heterocycles. The van der Waals surface area contributed by atoms with E-state index in [4.69, 9.17) is 4.74 Å². The Morgan fingerprint density at radius 1 is 1.13 bits per heavy atom. The lowest BCUT2D eigenvalue weighted by molar-refractivity contribution is 0.240. The van der Waals surface area contributed by atoms with Gasteiger partial charge in [-0.2, -0.15) is 0 Å². The molecule has 0 aromatic heterocycles. The first-order valence-electron chi connectivity index (χ1n) is 5.57. The minimum atomic E-state index is 0.681. The van der Waals surface area contributed by atoms with E-state index in [1.165, 1.54) is 18.4 Å². The van der Waals surface area contributed by atoms with Gasteiger partial charge < -0.3 is 4.74 Å². The number of rotatable bonds is 6. The van der Waals surface area contributed by atoms with Crippen LogP contribution < -0.4 is 4.74 Å². The molecule has 1 aromatic rings. The molecule has 15 heavy (non-hydrogen) atoms. The van der Waals surface area contributed by atoms with E-state index in [1.54, 1.807) is 0 Å². The number of benzene rings is 1. The highest BCUT2D eigenvalue weighted by Gasteiger charge is 2.03. The second kappa shape index (κ2) is 6.89. The van der Waals surface area contributed by atoms with Crippen molar-refractivity contribution in [1.29, 1.82) is 0 Å². The quantitative estimate of drug-likeness (QED) is 0.697. The standard InChI is InChI=1S/C13H19BrO/c1-3-11(4-2)10-15-13-7-5-12(9-14)6-8-13/h5-8,11H,3-4,9-10H2,1-2H3. The summed E-state index contributed by atoms with van der Waals surface area (Å²) in [5, 5.41) is 0.903.